The molecule has 0 aliphatic heterocycles. The third-order valence-electron chi connectivity index (χ3n) is 2.85. The molecule has 18 heavy (non-hydrogen) atoms. The van der Waals surface area contributed by atoms with Gasteiger partial charge in [0.25, 0.3) is 0 Å². The lowest BCUT2D eigenvalue weighted by molar-refractivity contribution is -0.141. The number of rotatable bonds is 7. The minimum absolute atomic E-state index is 0.235. The van der Waals surface area contributed by atoms with Crippen molar-refractivity contribution in [1.82, 2.24) is 4.90 Å². The fourth-order valence-electron chi connectivity index (χ4n) is 1.88. The number of benzene rings is 1. The number of hydrogen-bond acceptors (Lipinski definition) is 2. The zero-order chi connectivity index (χ0) is 13.5. The van der Waals surface area contributed by atoms with Crippen LogP contribution < -0.4 is 0 Å². The number of carboxylic acid groups (broad SMARTS) is 1. The zero-order valence-corrected chi connectivity index (χ0v) is 10.9. The maximum atomic E-state index is 13.5. The van der Waals surface area contributed by atoms with Crippen molar-refractivity contribution in [2.24, 2.45) is 5.92 Å². The molecule has 0 heterocycles. The molecule has 0 aliphatic carbocycles. The second-order valence-corrected chi connectivity index (χ2v) is 4.57. The molecule has 0 saturated heterocycles. The van der Waals surface area contributed by atoms with Gasteiger partial charge in [0, 0.05) is 18.7 Å². The van der Waals surface area contributed by atoms with E-state index in [2.05, 4.69) is 0 Å². The second-order valence-electron chi connectivity index (χ2n) is 4.57. The van der Waals surface area contributed by atoms with Gasteiger partial charge in [-0.3, -0.25) is 9.69 Å². The maximum Gasteiger partial charge on any atom is 0.307 e. The van der Waals surface area contributed by atoms with E-state index in [1.54, 1.807) is 25.1 Å². The first-order valence-electron chi connectivity index (χ1n) is 6.23. The first kappa shape index (κ1) is 14.6. The van der Waals surface area contributed by atoms with Crippen LogP contribution in [-0.2, 0) is 11.3 Å². The lowest BCUT2D eigenvalue weighted by Crippen LogP contribution is -2.32. The Balaban J connectivity index is 2.68. The Kier molecular flexibility index (Phi) is 5.78. The Bertz CT molecular complexity index is 395. The van der Waals surface area contributed by atoms with Crippen molar-refractivity contribution in [2.75, 3.05) is 13.1 Å². The van der Waals surface area contributed by atoms with Gasteiger partial charge in [-0.15, -0.1) is 0 Å². The molecule has 0 bridgehead atoms. The average Bonchev–Trinajstić information content (AvgIpc) is 2.32. The van der Waals surface area contributed by atoms with Gasteiger partial charge in [0.1, 0.15) is 5.82 Å². The molecule has 0 aromatic heterocycles. The van der Waals surface area contributed by atoms with Crippen LogP contribution >= 0.6 is 0 Å². The van der Waals surface area contributed by atoms with E-state index in [0.29, 0.717) is 18.7 Å². The Morgan fingerprint density at radius 3 is 2.67 bits per heavy atom. The summed E-state index contributed by atoms with van der Waals surface area (Å²) in [7, 11) is 0. The maximum absolute atomic E-state index is 13.5. The lowest BCUT2D eigenvalue weighted by atomic mass is 10.1. The van der Waals surface area contributed by atoms with Crippen molar-refractivity contribution in [3.05, 3.63) is 35.6 Å². The van der Waals surface area contributed by atoms with Crippen molar-refractivity contribution in [3.8, 4) is 0 Å². The molecule has 0 fully saturated rings. The molecular weight excluding hydrogens is 233 g/mol. The van der Waals surface area contributed by atoms with Gasteiger partial charge < -0.3 is 5.11 Å². The van der Waals surface area contributed by atoms with Gasteiger partial charge in [-0.25, -0.2) is 4.39 Å². The van der Waals surface area contributed by atoms with Gasteiger partial charge in [0.2, 0.25) is 0 Å². The molecule has 0 radical (unpaired) electrons. The van der Waals surface area contributed by atoms with Crippen LogP contribution in [0.2, 0.25) is 0 Å². The predicted octanol–water partition coefficient (Wildman–Crippen LogP) is 2.76. The number of aliphatic carboxylic acids is 1. The van der Waals surface area contributed by atoms with Crippen LogP contribution in [0.5, 0.6) is 0 Å². The molecule has 1 aromatic rings. The number of carbonyl (C=O) groups is 1. The molecule has 1 aromatic carbocycles. The molecule has 1 rings (SSSR count). The molecule has 4 heteroatoms. The molecule has 1 N–H and O–H groups in total. The van der Waals surface area contributed by atoms with Crippen molar-refractivity contribution in [2.45, 2.75) is 26.8 Å². The molecule has 100 valence electrons. The first-order chi connectivity index (χ1) is 8.54. The molecule has 1 unspecified atom stereocenters. The molecule has 0 saturated carbocycles. The zero-order valence-electron chi connectivity index (χ0n) is 10.9. The third-order valence-corrected chi connectivity index (χ3v) is 2.85. The third kappa shape index (κ3) is 4.45. The van der Waals surface area contributed by atoms with Gasteiger partial charge in [0.05, 0.1) is 5.92 Å². The smallest absolute Gasteiger partial charge is 0.307 e. The average molecular weight is 253 g/mol. The standard InChI is InChI=1S/C14H20FNO2/c1-3-8-16(9-11(2)14(17)18)10-12-6-4-5-7-13(12)15/h4-7,11H,3,8-10H2,1-2H3,(H,17,18). The summed E-state index contributed by atoms with van der Waals surface area (Å²) >= 11 is 0. The highest BCUT2D eigenvalue weighted by molar-refractivity contribution is 5.69. The highest BCUT2D eigenvalue weighted by Gasteiger charge is 2.16. The molecule has 0 spiro atoms. The van der Waals surface area contributed by atoms with Crippen LogP contribution in [-0.4, -0.2) is 29.1 Å². The van der Waals surface area contributed by atoms with Gasteiger partial charge in [-0.2, -0.15) is 0 Å². The highest BCUT2D eigenvalue weighted by atomic mass is 19.1. The van der Waals surface area contributed by atoms with E-state index in [-0.39, 0.29) is 5.82 Å². The SMILES string of the molecule is CCCN(Cc1ccccc1F)CC(C)C(=O)O. The van der Waals surface area contributed by atoms with Gasteiger partial charge in [-0.05, 0) is 19.0 Å². The monoisotopic (exact) mass is 253 g/mol. The fraction of sp³-hybridized carbons (Fsp3) is 0.500. The Morgan fingerprint density at radius 1 is 1.44 bits per heavy atom. The number of nitrogens with zero attached hydrogens (tertiary/aromatic N) is 1. The van der Waals surface area contributed by atoms with Gasteiger partial charge in [-0.1, -0.05) is 32.0 Å². The lowest BCUT2D eigenvalue weighted by Gasteiger charge is -2.23. The summed E-state index contributed by atoms with van der Waals surface area (Å²) in [5.74, 6) is -1.49. The predicted molar refractivity (Wildman–Crippen MR) is 68.8 cm³/mol. The Labute approximate surface area is 107 Å². The van der Waals surface area contributed by atoms with Crippen molar-refractivity contribution < 1.29 is 14.3 Å². The summed E-state index contributed by atoms with van der Waals surface area (Å²) in [6.45, 7) is 5.37. The molecule has 3 nitrogen and oxygen atoms in total. The summed E-state index contributed by atoms with van der Waals surface area (Å²) in [5, 5.41) is 8.92. The number of carboxylic acids is 1. The van der Waals surface area contributed by atoms with E-state index in [0.717, 1.165) is 13.0 Å². The molecule has 1 atom stereocenters. The van der Waals surface area contributed by atoms with Gasteiger partial charge in [0.15, 0.2) is 0 Å². The Hall–Kier alpha value is -1.42. The quantitative estimate of drug-likeness (QED) is 0.812. The van der Waals surface area contributed by atoms with E-state index >= 15 is 0 Å². The van der Waals surface area contributed by atoms with Crippen LogP contribution in [0.15, 0.2) is 24.3 Å². The van der Waals surface area contributed by atoms with Crippen LogP contribution in [0.3, 0.4) is 0 Å². The second kappa shape index (κ2) is 7.11. The van der Waals surface area contributed by atoms with E-state index in [1.165, 1.54) is 6.07 Å². The fourth-order valence-corrected chi connectivity index (χ4v) is 1.88. The normalized spacial score (nSPS) is 12.7. The van der Waals surface area contributed by atoms with E-state index < -0.39 is 11.9 Å². The highest BCUT2D eigenvalue weighted by Crippen LogP contribution is 2.12. The largest absolute Gasteiger partial charge is 0.481 e. The van der Waals surface area contributed by atoms with Crippen LogP contribution in [0.25, 0.3) is 0 Å². The minimum atomic E-state index is -0.815. The summed E-state index contributed by atoms with van der Waals surface area (Å²) < 4.78 is 13.5. The number of hydrogen-bond donors (Lipinski definition) is 1. The first-order valence-corrected chi connectivity index (χ1v) is 6.23. The molecule has 0 aliphatic rings. The summed E-state index contributed by atoms with van der Waals surface area (Å²) in [6.07, 6.45) is 0.917. The van der Waals surface area contributed by atoms with E-state index in [9.17, 15) is 9.18 Å². The van der Waals surface area contributed by atoms with Crippen molar-refractivity contribution in [3.63, 3.8) is 0 Å². The topological polar surface area (TPSA) is 40.5 Å². The van der Waals surface area contributed by atoms with Crippen molar-refractivity contribution in [1.29, 1.82) is 0 Å². The summed E-state index contributed by atoms with van der Waals surface area (Å²) in [6, 6.07) is 6.62. The summed E-state index contributed by atoms with van der Waals surface area (Å²) in [4.78, 5) is 12.8. The van der Waals surface area contributed by atoms with Crippen LogP contribution in [0.4, 0.5) is 4.39 Å². The summed E-state index contributed by atoms with van der Waals surface area (Å²) in [5.41, 5.74) is 0.614. The van der Waals surface area contributed by atoms with E-state index in [1.807, 2.05) is 11.8 Å². The Morgan fingerprint density at radius 2 is 2.11 bits per heavy atom. The number of halogens is 1. The molecule has 0 amide bonds. The van der Waals surface area contributed by atoms with Crippen LogP contribution in [0, 0.1) is 11.7 Å². The van der Waals surface area contributed by atoms with E-state index in [4.69, 9.17) is 5.11 Å². The minimum Gasteiger partial charge on any atom is -0.481 e. The van der Waals surface area contributed by atoms with Crippen LogP contribution in [0.1, 0.15) is 25.8 Å². The molecular formula is C14H20FNO2. The van der Waals surface area contributed by atoms with Gasteiger partial charge >= 0.3 is 5.97 Å². The van der Waals surface area contributed by atoms with Crippen molar-refractivity contribution >= 4 is 5.97 Å².